The van der Waals surface area contributed by atoms with Gasteiger partial charge in [-0.3, -0.25) is 0 Å². The zero-order valence-corrected chi connectivity index (χ0v) is 14.8. The predicted molar refractivity (Wildman–Crippen MR) is 89.3 cm³/mol. The van der Waals surface area contributed by atoms with Crippen LogP contribution in [0.3, 0.4) is 0 Å². The average Bonchev–Trinajstić information content (AvgIpc) is 2.46. The van der Waals surface area contributed by atoms with Gasteiger partial charge in [0.25, 0.3) is 0 Å². The molecule has 0 radical (unpaired) electrons. The van der Waals surface area contributed by atoms with Crippen LogP contribution in [0.4, 0.5) is 0 Å². The van der Waals surface area contributed by atoms with Gasteiger partial charge in [-0.1, -0.05) is 0 Å². The predicted octanol–water partition coefficient (Wildman–Crippen LogP) is 4.17. The van der Waals surface area contributed by atoms with E-state index in [2.05, 4.69) is 53.8 Å². The quantitative estimate of drug-likeness (QED) is 0.755. The normalized spacial score (nSPS) is 14.9. The van der Waals surface area contributed by atoms with E-state index in [1.807, 2.05) is 0 Å². The number of benzene rings is 1. The zero-order valence-electron chi connectivity index (χ0n) is 12.7. The van der Waals surface area contributed by atoms with Crippen LogP contribution in [0.1, 0.15) is 24.0 Å². The van der Waals surface area contributed by atoms with E-state index in [0.717, 1.165) is 0 Å². The molecule has 0 saturated carbocycles. The fourth-order valence-corrected chi connectivity index (χ4v) is 6.67. The Kier molecular flexibility index (Phi) is 3.72. The Hall–Kier alpha value is -1.09. The van der Waals surface area contributed by atoms with Gasteiger partial charge in [0.1, 0.15) is 0 Å². The number of aromatic nitrogens is 1. The van der Waals surface area contributed by atoms with Crippen LogP contribution in [0.5, 0.6) is 0 Å². The number of nitrogens with zero attached hydrogens (tertiary/aromatic N) is 1. The van der Waals surface area contributed by atoms with Crippen molar-refractivity contribution in [1.82, 2.24) is 4.98 Å². The van der Waals surface area contributed by atoms with Crippen molar-refractivity contribution in [3.8, 4) is 11.3 Å². The minimum absolute atomic E-state index is 1.21. The SMILES string of the molecule is [CH3][Ge]([CH3])([CH3])[c]1cnc(-c2ccccc2)c2c1CCCC2. The number of pyridine rings is 1. The average molecular weight is 326 g/mol. The van der Waals surface area contributed by atoms with E-state index >= 15 is 0 Å². The summed E-state index contributed by atoms with van der Waals surface area (Å²) in [5.41, 5.74) is 5.70. The maximum atomic E-state index is 4.88. The molecule has 1 nitrogen and oxygen atoms in total. The van der Waals surface area contributed by atoms with E-state index in [1.54, 1.807) is 15.5 Å². The van der Waals surface area contributed by atoms with Gasteiger partial charge in [-0.2, -0.15) is 0 Å². The summed E-state index contributed by atoms with van der Waals surface area (Å²) in [6.07, 6.45) is 7.33. The summed E-state index contributed by atoms with van der Waals surface area (Å²) >= 11 is -1.82. The molecule has 104 valence electrons. The third-order valence-electron chi connectivity index (χ3n) is 4.26. The van der Waals surface area contributed by atoms with Crippen molar-refractivity contribution in [1.29, 1.82) is 0 Å². The molecule has 1 heterocycles. The second-order valence-electron chi connectivity index (χ2n) is 6.80. The van der Waals surface area contributed by atoms with Crippen LogP contribution in [0, 0.1) is 0 Å². The molecule has 0 N–H and O–H groups in total. The first-order chi connectivity index (χ1) is 9.57. The molecular formula is C18H23GeN. The molecule has 1 aromatic heterocycles. The zero-order chi connectivity index (χ0) is 14.2. The van der Waals surface area contributed by atoms with Gasteiger partial charge in [-0.15, -0.1) is 0 Å². The Labute approximate surface area is 124 Å². The van der Waals surface area contributed by atoms with E-state index in [-0.39, 0.29) is 0 Å². The van der Waals surface area contributed by atoms with Crippen molar-refractivity contribution >= 4 is 17.7 Å². The van der Waals surface area contributed by atoms with Crippen molar-refractivity contribution in [2.24, 2.45) is 0 Å². The Morgan fingerprint density at radius 2 is 1.55 bits per heavy atom. The second kappa shape index (κ2) is 5.36. The van der Waals surface area contributed by atoms with Crippen molar-refractivity contribution in [2.45, 2.75) is 43.0 Å². The van der Waals surface area contributed by atoms with Crippen molar-refractivity contribution in [3.05, 3.63) is 47.7 Å². The molecule has 2 aromatic rings. The van der Waals surface area contributed by atoms with Crippen molar-refractivity contribution in [2.75, 3.05) is 0 Å². The molecule has 20 heavy (non-hydrogen) atoms. The van der Waals surface area contributed by atoms with Gasteiger partial charge in [0.05, 0.1) is 0 Å². The summed E-state index contributed by atoms with van der Waals surface area (Å²) in [6, 6.07) is 10.7. The van der Waals surface area contributed by atoms with Crippen LogP contribution in [0.25, 0.3) is 11.3 Å². The molecule has 0 spiro atoms. The fraction of sp³-hybridized carbons (Fsp3) is 0.389. The number of fused-ring (bicyclic) bond motifs is 1. The first-order valence-electron chi connectivity index (χ1n) is 7.64. The third kappa shape index (κ3) is 2.56. The summed E-state index contributed by atoms with van der Waals surface area (Å²) in [4.78, 5) is 4.88. The van der Waals surface area contributed by atoms with Crippen LogP contribution >= 0.6 is 0 Å². The summed E-state index contributed by atoms with van der Waals surface area (Å²) in [7, 11) is 0. The Bertz CT molecular complexity index is 611. The molecule has 0 amide bonds. The van der Waals surface area contributed by atoms with Gasteiger partial charge < -0.3 is 0 Å². The molecule has 3 rings (SSSR count). The van der Waals surface area contributed by atoms with Gasteiger partial charge >= 0.3 is 125 Å². The number of hydrogen-bond acceptors (Lipinski definition) is 1. The Morgan fingerprint density at radius 1 is 0.900 bits per heavy atom. The minimum atomic E-state index is -1.82. The van der Waals surface area contributed by atoms with E-state index in [0.29, 0.717) is 0 Å². The molecule has 1 aromatic carbocycles. The van der Waals surface area contributed by atoms with Gasteiger partial charge in [0, 0.05) is 0 Å². The molecule has 0 bridgehead atoms. The molecule has 2 heteroatoms. The third-order valence-corrected chi connectivity index (χ3v) is 8.55. The molecule has 1 aliphatic carbocycles. The molecule has 0 saturated heterocycles. The first kappa shape index (κ1) is 13.9. The van der Waals surface area contributed by atoms with E-state index in [1.165, 1.54) is 36.9 Å². The number of hydrogen-bond donors (Lipinski definition) is 0. The standard InChI is InChI=1S/C18H23GeN/c1-19(2,3)17-13-20-18(14-9-5-4-6-10-14)16-12-8-7-11-15(16)17/h4-6,9-10,13H,7-8,11-12H2,1-3H3. The van der Waals surface area contributed by atoms with E-state index in [4.69, 9.17) is 4.98 Å². The van der Waals surface area contributed by atoms with Gasteiger partial charge in [0.2, 0.25) is 0 Å². The molecule has 0 unspecified atom stereocenters. The fourth-order valence-electron chi connectivity index (χ4n) is 3.24. The van der Waals surface area contributed by atoms with Crippen LogP contribution in [-0.4, -0.2) is 18.3 Å². The molecule has 0 fully saturated rings. The summed E-state index contributed by atoms with van der Waals surface area (Å²) in [6.45, 7) is 0. The van der Waals surface area contributed by atoms with E-state index < -0.39 is 13.3 Å². The summed E-state index contributed by atoms with van der Waals surface area (Å²) in [5.74, 6) is 7.44. The van der Waals surface area contributed by atoms with Crippen LogP contribution in [0.15, 0.2) is 36.5 Å². The molecular weight excluding hydrogens is 303 g/mol. The van der Waals surface area contributed by atoms with E-state index in [9.17, 15) is 0 Å². The van der Waals surface area contributed by atoms with Gasteiger partial charge in [0.15, 0.2) is 0 Å². The summed E-state index contributed by atoms with van der Waals surface area (Å²) in [5, 5.41) is 0. The van der Waals surface area contributed by atoms with Crippen molar-refractivity contribution < 1.29 is 0 Å². The van der Waals surface area contributed by atoms with Crippen LogP contribution in [0.2, 0.25) is 17.3 Å². The first-order valence-corrected chi connectivity index (χ1v) is 15.0. The Balaban J connectivity index is 2.19. The van der Waals surface area contributed by atoms with Crippen LogP contribution in [-0.2, 0) is 12.8 Å². The molecule has 1 aliphatic rings. The second-order valence-corrected chi connectivity index (χ2v) is 17.4. The number of rotatable bonds is 2. The molecule has 0 atom stereocenters. The summed E-state index contributed by atoms with van der Waals surface area (Å²) < 4.78 is 1.62. The van der Waals surface area contributed by atoms with Crippen LogP contribution < -0.4 is 4.40 Å². The van der Waals surface area contributed by atoms with Gasteiger partial charge in [-0.25, -0.2) is 0 Å². The Morgan fingerprint density at radius 3 is 2.20 bits per heavy atom. The topological polar surface area (TPSA) is 12.9 Å². The monoisotopic (exact) mass is 327 g/mol. The van der Waals surface area contributed by atoms with Gasteiger partial charge in [-0.05, 0) is 0 Å². The maximum absolute atomic E-state index is 4.88. The molecule has 0 aliphatic heterocycles. The van der Waals surface area contributed by atoms with Crippen molar-refractivity contribution in [3.63, 3.8) is 0 Å².